The molecule has 98 valence electrons. The number of nitrogens with zero attached hydrogens (tertiary/aromatic N) is 3. The second-order valence-corrected chi connectivity index (χ2v) is 4.34. The van der Waals surface area contributed by atoms with Crippen LogP contribution in [0.3, 0.4) is 0 Å². The maximum absolute atomic E-state index is 11.7. The van der Waals surface area contributed by atoms with Gasteiger partial charge in [0.2, 0.25) is 0 Å². The van der Waals surface area contributed by atoms with Crippen LogP contribution in [0.4, 0.5) is 5.82 Å². The Morgan fingerprint density at radius 3 is 2.89 bits per heavy atom. The van der Waals surface area contributed by atoms with Crippen molar-refractivity contribution in [3.8, 4) is 0 Å². The molecule has 1 aliphatic rings. The number of hydrogen-bond donors (Lipinski definition) is 1. The molecule has 0 aromatic carbocycles. The van der Waals surface area contributed by atoms with Gasteiger partial charge in [-0.25, -0.2) is 14.8 Å². The summed E-state index contributed by atoms with van der Waals surface area (Å²) < 4.78 is 4.76. The molecule has 2 rings (SSSR count). The molecule has 1 fully saturated rings. The lowest BCUT2D eigenvalue weighted by Gasteiger charge is -2.33. The molecule has 1 N–H and O–H groups in total. The summed E-state index contributed by atoms with van der Waals surface area (Å²) in [5.41, 5.74) is 0.418. The second-order valence-electron chi connectivity index (χ2n) is 4.34. The summed E-state index contributed by atoms with van der Waals surface area (Å²) in [6.07, 6.45) is 5.05. The molecule has 18 heavy (non-hydrogen) atoms. The van der Waals surface area contributed by atoms with E-state index in [-0.39, 0.29) is 0 Å². The van der Waals surface area contributed by atoms with Crippen LogP contribution in [0.1, 0.15) is 23.2 Å². The Morgan fingerprint density at radius 1 is 1.50 bits per heavy atom. The van der Waals surface area contributed by atoms with Crippen LogP contribution in [-0.4, -0.2) is 49.2 Å². The molecule has 1 aromatic heterocycles. The largest absolute Gasteiger partial charge is 0.465 e. The number of ether oxygens (including phenoxy) is 1. The third-order valence-electron chi connectivity index (χ3n) is 3.29. The van der Waals surface area contributed by atoms with Crippen LogP contribution < -0.4 is 10.2 Å². The number of piperidine rings is 1. The molecule has 1 aromatic rings. The van der Waals surface area contributed by atoms with Crippen molar-refractivity contribution in [2.75, 3.05) is 32.1 Å². The van der Waals surface area contributed by atoms with Crippen molar-refractivity contribution in [2.45, 2.75) is 18.9 Å². The van der Waals surface area contributed by atoms with Crippen LogP contribution in [0.25, 0.3) is 0 Å². The number of aromatic nitrogens is 2. The molecule has 0 bridgehead atoms. The van der Waals surface area contributed by atoms with Crippen molar-refractivity contribution in [1.82, 2.24) is 15.3 Å². The summed E-state index contributed by atoms with van der Waals surface area (Å²) in [5.74, 6) is 0.245. The summed E-state index contributed by atoms with van der Waals surface area (Å²) >= 11 is 0. The number of esters is 1. The van der Waals surface area contributed by atoms with Gasteiger partial charge in [0.15, 0.2) is 0 Å². The maximum Gasteiger partial charge on any atom is 0.343 e. The maximum atomic E-state index is 11.7. The Balaban J connectivity index is 2.23. The molecule has 0 saturated carbocycles. The number of hydrogen-bond acceptors (Lipinski definition) is 6. The summed E-state index contributed by atoms with van der Waals surface area (Å²) in [6.45, 7) is 1.99. The number of anilines is 1. The average molecular weight is 250 g/mol. The highest BCUT2D eigenvalue weighted by atomic mass is 16.5. The van der Waals surface area contributed by atoms with Gasteiger partial charge < -0.3 is 15.0 Å². The Bertz CT molecular complexity index is 418. The van der Waals surface area contributed by atoms with Crippen molar-refractivity contribution in [3.63, 3.8) is 0 Å². The van der Waals surface area contributed by atoms with Gasteiger partial charge in [0.05, 0.1) is 7.11 Å². The van der Waals surface area contributed by atoms with E-state index in [0.29, 0.717) is 17.4 Å². The molecule has 0 atom stereocenters. The van der Waals surface area contributed by atoms with Crippen LogP contribution in [0.5, 0.6) is 0 Å². The fourth-order valence-electron chi connectivity index (χ4n) is 2.23. The molecule has 0 radical (unpaired) electrons. The fourth-order valence-corrected chi connectivity index (χ4v) is 2.23. The summed E-state index contributed by atoms with van der Waals surface area (Å²) in [5, 5.41) is 3.32. The lowest BCUT2D eigenvalue weighted by Crippen LogP contribution is -2.42. The minimum absolute atomic E-state index is 0.393. The standard InChI is InChI=1S/C12H18N4O2/c1-16(9-3-5-13-6-4-9)11-10(12(17)18-2)7-14-8-15-11/h7-9,13H,3-6H2,1-2H3. The molecular formula is C12H18N4O2. The molecule has 0 aliphatic carbocycles. The second kappa shape index (κ2) is 5.77. The summed E-state index contributed by atoms with van der Waals surface area (Å²) in [4.78, 5) is 21.8. The first kappa shape index (κ1) is 12.8. The van der Waals surface area contributed by atoms with E-state index in [4.69, 9.17) is 4.74 Å². The van der Waals surface area contributed by atoms with Crippen molar-refractivity contribution < 1.29 is 9.53 Å². The summed E-state index contributed by atoms with van der Waals surface area (Å²) in [7, 11) is 3.33. The quantitative estimate of drug-likeness (QED) is 0.786. The smallest absolute Gasteiger partial charge is 0.343 e. The van der Waals surface area contributed by atoms with E-state index in [9.17, 15) is 4.79 Å². The number of methoxy groups -OCH3 is 1. The first-order valence-electron chi connectivity index (χ1n) is 6.06. The molecule has 1 saturated heterocycles. The number of carbonyl (C=O) groups excluding carboxylic acids is 1. The number of nitrogens with one attached hydrogen (secondary N) is 1. The normalized spacial score (nSPS) is 16.3. The van der Waals surface area contributed by atoms with Crippen LogP contribution in [-0.2, 0) is 4.74 Å². The Kier molecular flexibility index (Phi) is 4.09. The predicted octanol–water partition coefficient (Wildman–Crippen LogP) is 0.451. The zero-order chi connectivity index (χ0) is 13.0. The fraction of sp³-hybridized carbons (Fsp3) is 0.583. The predicted molar refractivity (Wildman–Crippen MR) is 67.7 cm³/mol. The van der Waals surface area contributed by atoms with Crippen molar-refractivity contribution in [3.05, 3.63) is 18.1 Å². The van der Waals surface area contributed by atoms with Crippen molar-refractivity contribution in [1.29, 1.82) is 0 Å². The van der Waals surface area contributed by atoms with Gasteiger partial charge in [-0.1, -0.05) is 0 Å². The molecule has 0 unspecified atom stereocenters. The van der Waals surface area contributed by atoms with E-state index in [1.54, 1.807) is 0 Å². The van der Waals surface area contributed by atoms with Crippen LogP contribution in [0.2, 0.25) is 0 Å². The van der Waals surface area contributed by atoms with Crippen molar-refractivity contribution >= 4 is 11.8 Å². The van der Waals surface area contributed by atoms with E-state index >= 15 is 0 Å². The molecule has 2 heterocycles. The van der Waals surface area contributed by atoms with Gasteiger partial charge in [-0.05, 0) is 25.9 Å². The third kappa shape index (κ3) is 2.59. The van der Waals surface area contributed by atoms with Crippen molar-refractivity contribution in [2.24, 2.45) is 0 Å². The molecule has 1 aliphatic heterocycles. The molecule has 0 amide bonds. The first-order chi connectivity index (χ1) is 8.74. The van der Waals surface area contributed by atoms with Crippen LogP contribution in [0.15, 0.2) is 12.5 Å². The number of carbonyl (C=O) groups is 1. The minimum atomic E-state index is -0.397. The minimum Gasteiger partial charge on any atom is -0.465 e. The van der Waals surface area contributed by atoms with E-state index in [2.05, 4.69) is 20.2 Å². The molecule has 6 nitrogen and oxygen atoms in total. The van der Waals surface area contributed by atoms with Gasteiger partial charge in [0.25, 0.3) is 0 Å². The number of rotatable bonds is 3. The zero-order valence-corrected chi connectivity index (χ0v) is 10.7. The Hall–Kier alpha value is -1.69. The highest BCUT2D eigenvalue weighted by molar-refractivity contribution is 5.94. The topological polar surface area (TPSA) is 67.3 Å². The Morgan fingerprint density at radius 2 is 2.22 bits per heavy atom. The van der Waals surface area contributed by atoms with Gasteiger partial charge in [-0.3, -0.25) is 0 Å². The highest BCUT2D eigenvalue weighted by Gasteiger charge is 2.23. The van der Waals surface area contributed by atoms with Gasteiger partial charge in [0, 0.05) is 19.3 Å². The SMILES string of the molecule is COC(=O)c1cncnc1N(C)C1CCNCC1. The van der Waals surface area contributed by atoms with E-state index < -0.39 is 5.97 Å². The monoisotopic (exact) mass is 250 g/mol. The summed E-state index contributed by atoms with van der Waals surface area (Å²) in [6, 6.07) is 0.393. The van der Waals surface area contributed by atoms with Crippen LogP contribution >= 0.6 is 0 Å². The molecular weight excluding hydrogens is 232 g/mol. The molecule has 0 spiro atoms. The first-order valence-corrected chi connectivity index (χ1v) is 6.06. The van der Waals surface area contributed by atoms with E-state index in [1.165, 1.54) is 19.6 Å². The lowest BCUT2D eigenvalue weighted by atomic mass is 10.0. The third-order valence-corrected chi connectivity index (χ3v) is 3.29. The lowest BCUT2D eigenvalue weighted by molar-refractivity contribution is 0.0600. The average Bonchev–Trinajstić information content (AvgIpc) is 2.46. The Labute approximate surface area is 106 Å². The van der Waals surface area contributed by atoms with E-state index in [1.807, 2.05) is 7.05 Å². The van der Waals surface area contributed by atoms with Gasteiger partial charge in [-0.2, -0.15) is 0 Å². The van der Waals surface area contributed by atoms with Gasteiger partial charge in [0.1, 0.15) is 17.7 Å². The molecule has 6 heteroatoms. The zero-order valence-electron chi connectivity index (χ0n) is 10.7. The van der Waals surface area contributed by atoms with Crippen LogP contribution in [0, 0.1) is 0 Å². The van der Waals surface area contributed by atoms with E-state index in [0.717, 1.165) is 25.9 Å². The van der Waals surface area contributed by atoms with Gasteiger partial charge >= 0.3 is 5.97 Å². The highest BCUT2D eigenvalue weighted by Crippen LogP contribution is 2.21. The van der Waals surface area contributed by atoms with Gasteiger partial charge in [-0.15, -0.1) is 0 Å².